The molecular formula is C21H16Cl2N2O4S. The molecular weight excluding hydrogens is 447 g/mol. The first kappa shape index (κ1) is 22.0. The third kappa shape index (κ3) is 5.24. The largest absolute Gasteiger partial charge is 0.478 e. The Kier molecular flexibility index (Phi) is 6.87. The molecule has 0 saturated heterocycles. The number of nitrogens with zero attached hydrogens (tertiary/aromatic N) is 1. The number of benzene rings is 3. The fourth-order valence-electron chi connectivity index (χ4n) is 2.71. The van der Waals surface area contributed by atoms with E-state index in [-0.39, 0.29) is 11.3 Å². The Balaban J connectivity index is 1.81. The zero-order valence-electron chi connectivity index (χ0n) is 15.7. The maximum atomic E-state index is 11.6. The van der Waals surface area contributed by atoms with E-state index in [2.05, 4.69) is 5.32 Å². The van der Waals surface area contributed by atoms with Gasteiger partial charge in [0.2, 0.25) is 0 Å². The number of anilines is 1. The lowest BCUT2D eigenvalue weighted by Crippen LogP contribution is -2.04. The van der Waals surface area contributed by atoms with E-state index in [1.807, 2.05) is 6.92 Å². The number of hydrogen-bond acceptors (Lipinski definition) is 5. The van der Waals surface area contributed by atoms with Crippen LogP contribution in [0.2, 0.25) is 10.0 Å². The number of aryl methyl sites for hydroxylation is 1. The van der Waals surface area contributed by atoms with Crippen LogP contribution in [0.4, 0.5) is 11.4 Å². The summed E-state index contributed by atoms with van der Waals surface area (Å²) in [4.78, 5) is 23.5. The molecule has 0 saturated carbocycles. The van der Waals surface area contributed by atoms with E-state index >= 15 is 0 Å². The Hall–Kier alpha value is -2.74. The smallest absolute Gasteiger partial charge is 0.335 e. The standard InChI is InChI=1S/C21H16Cl2N2O4S/c1-12-2-4-14(21(26)27)9-18(12)24-11-13-3-7-20(19(8-13)25(28)29)30-15-5-6-16(22)17(23)10-15/h2-10,24H,11H2,1H3,(H,26,27). The molecule has 30 heavy (non-hydrogen) atoms. The van der Waals surface area contributed by atoms with Crippen molar-refractivity contribution < 1.29 is 14.8 Å². The lowest BCUT2D eigenvalue weighted by Gasteiger charge is -2.11. The van der Waals surface area contributed by atoms with Gasteiger partial charge in [-0.15, -0.1) is 0 Å². The molecule has 0 spiro atoms. The Labute approximate surface area is 187 Å². The van der Waals surface area contributed by atoms with Crippen LogP contribution >= 0.6 is 35.0 Å². The molecule has 0 unspecified atom stereocenters. The van der Waals surface area contributed by atoms with Crippen molar-refractivity contribution in [3.8, 4) is 0 Å². The quantitative estimate of drug-likeness (QED) is 0.300. The van der Waals surface area contributed by atoms with Crippen LogP contribution in [0.25, 0.3) is 0 Å². The number of aromatic carboxylic acids is 1. The number of rotatable bonds is 7. The zero-order chi connectivity index (χ0) is 21.8. The van der Waals surface area contributed by atoms with Gasteiger partial charge in [0.05, 0.1) is 25.4 Å². The summed E-state index contributed by atoms with van der Waals surface area (Å²) in [6, 6.07) is 14.8. The fraction of sp³-hybridized carbons (Fsp3) is 0.0952. The van der Waals surface area contributed by atoms with Crippen LogP contribution in [0.3, 0.4) is 0 Å². The summed E-state index contributed by atoms with van der Waals surface area (Å²) in [5.41, 5.74) is 2.37. The molecule has 0 aromatic heterocycles. The minimum absolute atomic E-state index is 0.0265. The second-order valence-corrected chi connectivity index (χ2v) is 8.36. The highest BCUT2D eigenvalue weighted by Crippen LogP contribution is 2.37. The molecule has 0 atom stereocenters. The normalized spacial score (nSPS) is 10.6. The van der Waals surface area contributed by atoms with Crippen LogP contribution in [-0.4, -0.2) is 16.0 Å². The average molecular weight is 463 g/mol. The molecule has 0 aliphatic rings. The van der Waals surface area contributed by atoms with Gasteiger partial charge in [0.15, 0.2) is 0 Å². The van der Waals surface area contributed by atoms with Crippen LogP contribution in [0, 0.1) is 17.0 Å². The van der Waals surface area contributed by atoms with Crippen molar-refractivity contribution >= 4 is 52.3 Å². The van der Waals surface area contributed by atoms with Crippen molar-refractivity contribution in [3.63, 3.8) is 0 Å². The fourth-order valence-corrected chi connectivity index (χ4v) is 4.02. The number of nitro groups is 1. The van der Waals surface area contributed by atoms with E-state index < -0.39 is 10.9 Å². The second-order valence-electron chi connectivity index (χ2n) is 6.43. The molecule has 0 radical (unpaired) electrons. The minimum atomic E-state index is -1.02. The highest BCUT2D eigenvalue weighted by atomic mass is 35.5. The van der Waals surface area contributed by atoms with Crippen LogP contribution in [0.5, 0.6) is 0 Å². The van der Waals surface area contributed by atoms with E-state index in [4.69, 9.17) is 28.3 Å². The molecule has 0 fully saturated rings. The summed E-state index contributed by atoms with van der Waals surface area (Å²) in [5.74, 6) is -1.02. The molecule has 6 nitrogen and oxygen atoms in total. The van der Waals surface area contributed by atoms with Crippen molar-refractivity contribution in [1.29, 1.82) is 0 Å². The summed E-state index contributed by atoms with van der Waals surface area (Å²) in [6.07, 6.45) is 0. The van der Waals surface area contributed by atoms with Gasteiger partial charge in [-0.2, -0.15) is 0 Å². The molecule has 9 heteroatoms. The van der Waals surface area contributed by atoms with Gasteiger partial charge in [0, 0.05) is 23.2 Å². The predicted octanol–water partition coefficient (Wildman–Crippen LogP) is 6.67. The van der Waals surface area contributed by atoms with Crippen LogP contribution in [0.15, 0.2) is 64.4 Å². The summed E-state index contributed by atoms with van der Waals surface area (Å²) >= 11 is 13.2. The van der Waals surface area contributed by atoms with Gasteiger partial charge in [-0.25, -0.2) is 4.79 Å². The van der Waals surface area contributed by atoms with Gasteiger partial charge in [0.25, 0.3) is 5.69 Å². The molecule has 0 aliphatic heterocycles. The number of halogens is 2. The topological polar surface area (TPSA) is 92.5 Å². The van der Waals surface area contributed by atoms with Crippen molar-refractivity contribution in [2.45, 2.75) is 23.3 Å². The number of carboxylic acid groups (broad SMARTS) is 1. The van der Waals surface area contributed by atoms with Gasteiger partial charge in [-0.3, -0.25) is 10.1 Å². The molecule has 3 rings (SSSR count). The number of nitro benzene ring substituents is 1. The van der Waals surface area contributed by atoms with E-state index in [0.717, 1.165) is 10.5 Å². The minimum Gasteiger partial charge on any atom is -0.478 e. The second kappa shape index (κ2) is 9.38. The van der Waals surface area contributed by atoms with Crippen molar-refractivity contribution in [2.75, 3.05) is 5.32 Å². The Morgan fingerprint density at radius 1 is 1.10 bits per heavy atom. The first-order valence-corrected chi connectivity index (χ1v) is 10.3. The maximum Gasteiger partial charge on any atom is 0.335 e. The molecule has 3 aromatic rings. The average Bonchev–Trinajstić information content (AvgIpc) is 2.70. The van der Waals surface area contributed by atoms with Gasteiger partial charge in [0.1, 0.15) is 0 Å². The van der Waals surface area contributed by atoms with Gasteiger partial charge in [-0.1, -0.05) is 47.1 Å². The van der Waals surface area contributed by atoms with Crippen molar-refractivity contribution in [3.05, 3.63) is 91.4 Å². The lowest BCUT2D eigenvalue weighted by atomic mass is 10.1. The van der Waals surface area contributed by atoms with Gasteiger partial charge < -0.3 is 10.4 Å². The molecule has 0 heterocycles. The van der Waals surface area contributed by atoms with Gasteiger partial charge in [-0.05, 0) is 54.4 Å². The number of nitrogens with one attached hydrogen (secondary N) is 1. The number of carbonyl (C=O) groups is 1. The summed E-state index contributed by atoms with van der Waals surface area (Å²) in [5, 5.41) is 24.7. The molecule has 0 amide bonds. The SMILES string of the molecule is Cc1ccc(C(=O)O)cc1NCc1ccc(Sc2ccc(Cl)c(Cl)c2)c([N+](=O)[O-])c1. The maximum absolute atomic E-state index is 11.6. The Morgan fingerprint density at radius 2 is 1.87 bits per heavy atom. The zero-order valence-corrected chi connectivity index (χ0v) is 18.0. The molecule has 0 bridgehead atoms. The van der Waals surface area contributed by atoms with Crippen LogP contribution in [0.1, 0.15) is 21.5 Å². The first-order valence-electron chi connectivity index (χ1n) is 8.72. The summed E-state index contributed by atoms with van der Waals surface area (Å²) in [7, 11) is 0. The van der Waals surface area contributed by atoms with E-state index in [1.54, 1.807) is 42.5 Å². The first-order chi connectivity index (χ1) is 14.2. The molecule has 0 aliphatic carbocycles. The number of carboxylic acids is 1. The number of hydrogen-bond donors (Lipinski definition) is 2. The Bertz CT molecular complexity index is 1140. The monoisotopic (exact) mass is 462 g/mol. The third-order valence-corrected chi connectivity index (χ3v) is 6.10. The molecule has 154 valence electrons. The summed E-state index contributed by atoms with van der Waals surface area (Å²) < 4.78 is 0. The van der Waals surface area contributed by atoms with Gasteiger partial charge >= 0.3 is 5.97 Å². The van der Waals surface area contributed by atoms with Crippen LogP contribution in [-0.2, 0) is 6.54 Å². The summed E-state index contributed by atoms with van der Waals surface area (Å²) in [6.45, 7) is 2.16. The van der Waals surface area contributed by atoms with E-state index in [9.17, 15) is 14.9 Å². The predicted molar refractivity (Wildman–Crippen MR) is 119 cm³/mol. The van der Waals surface area contributed by atoms with E-state index in [1.165, 1.54) is 23.9 Å². The Morgan fingerprint density at radius 3 is 2.53 bits per heavy atom. The highest BCUT2D eigenvalue weighted by Gasteiger charge is 2.16. The van der Waals surface area contributed by atoms with Crippen LogP contribution < -0.4 is 5.32 Å². The molecule has 2 N–H and O–H groups in total. The van der Waals surface area contributed by atoms with Crippen molar-refractivity contribution in [2.24, 2.45) is 0 Å². The highest BCUT2D eigenvalue weighted by molar-refractivity contribution is 7.99. The van der Waals surface area contributed by atoms with Crippen molar-refractivity contribution in [1.82, 2.24) is 0 Å². The van der Waals surface area contributed by atoms with E-state index in [0.29, 0.717) is 32.7 Å². The third-order valence-electron chi connectivity index (χ3n) is 4.31. The molecule has 3 aromatic carbocycles. The lowest BCUT2D eigenvalue weighted by molar-refractivity contribution is -0.387.